The Hall–Kier alpha value is -1.03. The minimum atomic E-state index is -0.245. The summed E-state index contributed by atoms with van der Waals surface area (Å²) in [6.07, 6.45) is 1.82. The van der Waals surface area contributed by atoms with Gasteiger partial charge in [0.05, 0.1) is 12.7 Å². The maximum absolute atomic E-state index is 5.58. The van der Waals surface area contributed by atoms with Gasteiger partial charge < -0.3 is 9.47 Å². The quantitative estimate of drug-likeness (QED) is 0.649. The van der Waals surface area contributed by atoms with Crippen molar-refractivity contribution in [2.75, 3.05) is 13.7 Å². The number of hydrogen-bond donors (Lipinski definition) is 0. The summed E-state index contributed by atoms with van der Waals surface area (Å²) in [5, 5.41) is 4.21. The summed E-state index contributed by atoms with van der Waals surface area (Å²) in [6.45, 7) is 5.37. The Morgan fingerprint density at radius 2 is 2.46 bits per heavy atom. The van der Waals surface area contributed by atoms with E-state index >= 15 is 0 Å². The molecule has 72 valence electrons. The van der Waals surface area contributed by atoms with Crippen LogP contribution in [0.2, 0.25) is 0 Å². The number of aryl methyl sites for hydroxylation is 1. The van der Waals surface area contributed by atoms with Crippen molar-refractivity contribution in [3.8, 4) is 5.88 Å². The van der Waals surface area contributed by atoms with E-state index in [1.54, 1.807) is 7.11 Å². The van der Waals surface area contributed by atoms with Gasteiger partial charge in [0, 0.05) is 12.7 Å². The lowest BCUT2D eigenvalue weighted by Gasteiger charge is -2.32. The van der Waals surface area contributed by atoms with Crippen molar-refractivity contribution in [3.05, 3.63) is 11.8 Å². The van der Waals surface area contributed by atoms with Gasteiger partial charge in [-0.3, -0.25) is 0 Å². The standard InChI is InChI=1S/C9H14N2O2/c1-7-4-10-11-5-9(2,12-3)6-13-8(7)11/h4H,5-6H2,1-3H3. The molecule has 1 aliphatic rings. The molecule has 4 heteroatoms. The maximum atomic E-state index is 5.58. The molecule has 1 aliphatic heterocycles. The van der Waals surface area contributed by atoms with Crippen LogP contribution in [0, 0.1) is 6.92 Å². The normalized spacial score (nSPS) is 26.7. The molecule has 1 unspecified atom stereocenters. The van der Waals surface area contributed by atoms with E-state index < -0.39 is 0 Å². The Labute approximate surface area is 77.4 Å². The van der Waals surface area contributed by atoms with Crippen LogP contribution in [0.1, 0.15) is 12.5 Å². The molecule has 0 spiro atoms. The summed E-state index contributed by atoms with van der Waals surface area (Å²) in [6, 6.07) is 0. The van der Waals surface area contributed by atoms with Gasteiger partial charge in [-0.15, -0.1) is 0 Å². The van der Waals surface area contributed by atoms with E-state index in [0.717, 1.165) is 18.0 Å². The number of ether oxygens (including phenoxy) is 2. The van der Waals surface area contributed by atoms with Crippen molar-refractivity contribution >= 4 is 0 Å². The molecule has 2 rings (SSSR count). The second kappa shape index (κ2) is 2.73. The summed E-state index contributed by atoms with van der Waals surface area (Å²) in [5.41, 5.74) is 0.837. The lowest BCUT2D eigenvalue weighted by molar-refractivity contribution is -0.0646. The Kier molecular flexibility index (Phi) is 1.80. The van der Waals surface area contributed by atoms with Gasteiger partial charge in [0.25, 0.3) is 0 Å². The van der Waals surface area contributed by atoms with Crippen molar-refractivity contribution in [1.29, 1.82) is 0 Å². The molecule has 1 aromatic rings. The van der Waals surface area contributed by atoms with Crippen LogP contribution in [-0.4, -0.2) is 29.1 Å². The van der Waals surface area contributed by atoms with Crippen molar-refractivity contribution in [2.24, 2.45) is 0 Å². The zero-order valence-electron chi connectivity index (χ0n) is 8.20. The van der Waals surface area contributed by atoms with Gasteiger partial charge in [-0.1, -0.05) is 0 Å². The molecule has 0 aliphatic carbocycles. The number of fused-ring (bicyclic) bond motifs is 1. The molecule has 0 bridgehead atoms. The van der Waals surface area contributed by atoms with Crippen molar-refractivity contribution in [1.82, 2.24) is 9.78 Å². The average Bonchev–Trinajstić information content (AvgIpc) is 2.47. The van der Waals surface area contributed by atoms with Crippen LogP contribution in [0.15, 0.2) is 6.20 Å². The highest BCUT2D eigenvalue weighted by atomic mass is 16.5. The third-order valence-electron chi connectivity index (χ3n) is 2.45. The minimum absolute atomic E-state index is 0.245. The molecule has 0 amide bonds. The average molecular weight is 182 g/mol. The fraction of sp³-hybridized carbons (Fsp3) is 0.667. The van der Waals surface area contributed by atoms with E-state index in [9.17, 15) is 0 Å². The molecule has 0 radical (unpaired) electrons. The maximum Gasteiger partial charge on any atom is 0.214 e. The van der Waals surface area contributed by atoms with Crippen molar-refractivity contribution in [2.45, 2.75) is 26.0 Å². The second-order valence-electron chi connectivity index (χ2n) is 3.73. The van der Waals surface area contributed by atoms with E-state index in [1.165, 1.54) is 0 Å². The fourth-order valence-corrected chi connectivity index (χ4v) is 1.48. The highest BCUT2D eigenvalue weighted by Gasteiger charge is 2.32. The largest absolute Gasteiger partial charge is 0.475 e. The molecule has 13 heavy (non-hydrogen) atoms. The summed E-state index contributed by atoms with van der Waals surface area (Å²) < 4.78 is 12.8. The van der Waals surface area contributed by atoms with E-state index in [4.69, 9.17) is 9.47 Å². The van der Waals surface area contributed by atoms with Gasteiger partial charge in [0.15, 0.2) is 0 Å². The van der Waals surface area contributed by atoms with Gasteiger partial charge >= 0.3 is 0 Å². The highest BCUT2D eigenvalue weighted by molar-refractivity contribution is 5.23. The predicted octanol–water partition coefficient (Wildman–Crippen LogP) is 0.989. The Balaban J connectivity index is 2.30. The van der Waals surface area contributed by atoms with E-state index in [-0.39, 0.29) is 5.60 Å². The van der Waals surface area contributed by atoms with E-state index in [2.05, 4.69) is 5.10 Å². The Morgan fingerprint density at radius 3 is 3.15 bits per heavy atom. The van der Waals surface area contributed by atoms with Crippen LogP contribution in [-0.2, 0) is 11.3 Å². The van der Waals surface area contributed by atoms with Crippen molar-refractivity contribution < 1.29 is 9.47 Å². The van der Waals surface area contributed by atoms with Crippen LogP contribution >= 0.6 is 0 Å². The topological polar surface area (TPSA) is 36.3 Å². The van der Waals surface area contributed by atoms with E-state index in [0.29, 0.717) is 6.61 Å². The number of aromatic nitrogens is 2. The van der Waals surface area contributed by atoms with Gasteiger partial charge in [-0.25, -0.2) is 4.68 Å². The summed E-state index contributed by atoms with van der Waals surface area (Å²) in [4.78, 5) is 0. The molecule has 1 aromatic heterocycles. The molecule has 0 fully saturated rings. The SMILES string of the molecule is COC1(C)COc2c(C)cnn2C1. The van der Waals surface area contributed by atoms with Crippen LogP contribution in [0.4, 0.5) is 0 Å². The zero-order valence-corrected chi connectivity index (χ0v) is 8.20. The zero-order chi connectivity index (χ0) is 9.47. The van der Waals surface area contributed by atoms with Crippen LogP contribution < -0.4 is 4.74 Å². The van der Waals surface area contributed by atoms with Gasteiger partial charge in [-0.05, 0) is 13.8 Å². The first-order valence-corrected chi connectivity index (χ1v) is 4.35. The number of nitrogens with zero attached hydrogens (tertiary/aromatic N) is 2. The number of hydrogen-bond acceptors (Lipinski definition) is 3. The lowest BCUT2D eigenvalue weighted by Crippen LogP contribution is -2.43. The Morgan fingerprint density at radius 1 is 1.69 bits per heavy atom. The fourth-order valence-electron chi connectivity index (χ4n) is 1.48. The summed E-state index contributed by atoms with van der Waals surface area (Å²) in [5.74, 6) is 0.870. The van der Waals surface area contributed by atoms with Crippen LogP contribution in [0.3, 0.4) is 0 Å². The molecule has 1 atom stereocenters. The first-order chi connectivity index (χ1) is 6.14. The van der Waals surface area contributed by atoms with Gasteiger partial charge in [0.2, 0.25) is 5.88 Å². The molecule has 0 N–H and O–H groups in total. The third kappa shape index (κ3) is 1.31. The molecule has 0 saturated heterocycles. The molecule has 0 saturated carbocycles. The first kappa shape index (κ1) is 8.56. The highest BCUT2D eigenvalue weighted by Crippen LogP contribution is 2.26. The molecule has 4 nitrogen and oxygen atoms in total. The number of rotatable bonds is 1. The summed E-state index contributed by atoms with van der Waals surface area (Å²) in [7, 11) is 1.70. The second-order valence-corrected chi connectivity index (χ2v) is 3.73. The molecule has 0 aromatic carbocycles. The molecular weight excluding hydrogens is 168 g/mol. The first-order valence-electron chi connectivity index (χ1n) is 4.35. The molecular formula is C9H14N2O2. The number of methoxy groups -OCH3 is 1. The Bertz CT molecular complexity index is 321. The summed E-state index contributed by atoms with van der Waals surface area (Å²) >= 11 is 0. The molecule has 2 heterocycles. The van der Waals surface area contributed by atoms with Gasteiger partial charge in [-0.2, -0.15) is 5.10 Å². The van der Waals surface area contributed by atoms with Crippen LogP contribution in [0.25, 0.3) is 0 Å². The lowest BCUT2D eigenvalue weighted by atomic mass is 10.1. The van der Waals surface area contributed by atoms with Gasteiger partial charge in [0.1, 0.15) is 12.2 Å². The van der Waals surface area contributed by atoms with E-state index in [1.807, 2.05) is 24.7 Å². The predicted molar refractivity (Wildman–Crippen MR) is 47.9 cm³/mol. The van der Waals surface area contributed by atoms with Crippen LogP contribution in [0.5, 0.6) is 5.88 Å². The monoisotopic (exact) mass is 182 g/mol. The minimum Gasteiger partial charge on any atom is -0.475 e. The smallest absolute Gasteiger partial charge is 0.214 e. The third-order valence-corrected chi connectivity index (χ3v) is 2.45. The van der Waals surface area contributed by atoms with Crippen molar-refractivity contribution in [3.63, 3.8) is 0 Å².